The molecule has 2 heterocycles. The van der Waals surface area contributed by atoms with Gasteiger partial charge in [0.2, 0.25) is 11.8 Å². The van der Waals surface area contributed by atoms with E-state index in [0.29, 0.717) is 17.0 Å². The summed E-state index contributed by atoms with van der Waals surface area (Å²) >= 11 is 0. The van der Waals surface area contributed by atoms with Crippen LogP contribution in [0.2, 0.25) is 0 Å². The van der Waals surface area contributed by atoms with Crippen LogP contribution in [0, 0.1) is 24.0 Å². The third kappa shape index (κ3) is 3.84. The Morgan fingerprint density at radius 2 is 2.07 bits per heavy atom. The number of rotatable bonds is 7. The summed E-state index contributed by atoms with van der Waals surface area (Å²) < 4.78 is 5.34. The number of nitrogens with two attached hydrogens (primary N) is 1. The van der Waals surface area contributed by atoms with Crippen molar-refractivity contribution in [2.45, 2.75) is 33.4 Å². The second-order valence-corrected chi connectivity index (χ2v) is 6.02. The van der Waals surface area contributed by atoms with Gasteiger partial charge in [-0.3, -0.25) is 15.1 Å². The van der Waals surface area contributed by atoms with Crippen LogP contribution in [0.1, 0.15) is 23.7 Å². The first-order chi connectivity index (χ1) is 13.1. The van der Waals surface area contributed by atoms with Crippen molar-refractivity contribution in [2.75, 3.05) is 17.7 Å². The van der Waals surface area contributed by atoms with Crippen molar-refractivity contribution in [3.8, 4) is 11.6 Å². The molecule has 0 saturated heterocycles. The number of carboxylic acids is 1. The quantitative estimate of drug-likeness (QED) is 0.455. The average molecular weight is 392 g/mol. The Labute approximate surface area is 159 Å². The zero-order chi connectivity index (χ0) is 21.2. The Hall–Kier alpha value is -3.70. The molecule has 12 heteroatoms. The SMILES string of the molecule is COc1c(C)cnc(CN(c2nc(N)nc(O)c2[N+](=O)[O-])C(C)C(=O)O)c1C. The molecule has 2 aromatic rings. The van der Waals surface area contributed by atoms with Crippen LogP contribution < -0.4 is 15.4 Å². The van der Waals surface area contributed by atoms with Crippen LogP contribution in [0.4, 0.5) is 17.5 Å². The minimum atomic E-state index is -1.26. The van der Waals surface area contributed by atoms with Crippen molar-refractivity contribution < 1.29 is 24.7 Å². The summed E-state index contributed by atoms with van der Waals surface area (Å²) in [4.78, 5) is 34.7. The summed E-state index contributed by atoms with van der Waals surface area (Å²) in [6, 6.07) is -1.25. The molecule has 0 fully saturated rings. The van der Waals surface area contributed by atoms with Gasteiger partial charge in [-0.25, -0.2) is 4.79 Å². The van der Waals surface area contributed by atoms with Gasteiger partial charge in [0.1, 0.15) is 11.8 Å². The molecule has 0 saturated carbocycles. The molecule has 0 aromatic carbocycles. The zero-order valence-electron chi connectivity index (χ0n) is 15.7. The molecular formula is C16H20N6O6. The Kier molecular flexibility index (Phi) is 5.81. The number of aryl methyl sites for hydroxylation is 1. The van der Waals surface area contributed by atoms with E-state index in [9.17, 15) is 25.1 Å². The smallest absolute Gasteiger partial charge is 0.372 e. The van der Waals surface area contributed by atoms with Crippen molar-refractivity contribution in [3.05, 3.63) is 33.1 Å². The molecule has 0 aliphatic rings. The largest absolute Gasteiger partial charge is 0.496 e. The highest BCUT2D eigenvalue weighted by Crippen LogP contribution is 2.36. The van der Waals surface area contributed by atoms with Crippen molar-refractivity contribution >= 4 is 23.4 Å². The van der Waals surface area contributed by atoms with Crippen LogP contribution in [0.3, 0.4) is 0 Å². The number of ether oxygens (including phenoxy) is 1. The van der Waals surface area contributed by atoms with E-state index in [2.05, 4.69) is 15.0 Å². The molecule has 2 aromatic heterocycles. The summed E-state index contributed by atoms with van der Waals surface area (Å²) in [6.45, 7) is 4.70. The lowest BCUT2D eigenvalue weighted by Gasteiger charge is -2.27. The van der Waals surface area contributed by atoms with E-state index < -0.39 is 40.3 Å². The van der Waals surface area contributed by atoms with Crippen molar-refractivity contribution in [1.82, 2.24) is 15.0 Å². The molecule has 150 valence electrons. The number of aromatic nitrogens is 3. The Bertz CT molecular complexity index is 934. The Morgan fingerprint density at radius 3 is 2.61 bits per heavy atom. The van der Waals surface area contributed by atoms with Gasteiger partial charge in [-0.15, -0.1) is 0 Å². The van der Waals surface area contributed by atoms with Crippen molar-refractivity contribution in [3.63, 3.8) is 0 Å². The molecule has 1 unspecified atom stereocenters. The summed E-state index contributed by atoms with van der Waals surface area (Å²) in [7, 11) is 1.49. The minimum absolute atomic E-state index is 0.160. The molecule has 2 rings (SSSR count). The van der Waals surface area contributed by atoms with Gasteiger partial charge >= 0.3 is 11.7 Å². The first kappa shape index (κ1) is 20.6. The van der Waals surface area contributed by atoms with Gasteiger partial charge in [-0.1, -0.05) is 0 Å². The van der Waals surface area contributed by atoms with Gasteiger partial charge in [0.05, 0.1) is 24.3 Å². The molecule has 0 spiro atoms. The second kappa shape index (κ2) is 7.90. The summed E-state index contributed by atoms with van der Waals surface area (Å²) in [6.07, 6.45) is 1.55. The van der Waals surface area contributed by atoms with E-state index in [-0.39, 0.29) is 6.54 Å². The first-order valence-electron chi connectivity index (χ1n) is 8.07. The number of hydrogen-bond acceptors (Lipinski definition) is 10. The van der Waals surface area contributed by atoms with Crippen LogP contribution >= 0.6 is 0 Å². The number of carbonyl (C=O) groups is 1. The number of nitrogen functional groups attached to an aromatic ring is 1. The summed E-state index contributed by atoms with van der Waals surface area (Å²) in [5, 5.41) is 30.8. The lowest BCUT2D eigenvalue weighted by Crippen LogP contribution is -2.40. The summed E-state index contributed by atoms with van der Waals surface area (Å²) in [5.41, 5.74) is 6.50. The van der Waals surface area contributed by atoms with Gasteiger partial charge in [-0.2, -0.15) is 9.97 Å². The molecular weight excluding hydrogens is 372 g/mol. The third-order valence-corrected chi connectivity index (χ3v) is 4.21. The zero-order valence-corrected chi connectivity index (χ0v) is 15.7. The van der Waals surface area contributed by atoms with Crippen molar-refractivity contribution in [2.24, 2.45) is 0 Å². The predicted octanol–water partition coefficient (Wildman–Crippen LogP) is 1.17. The van der Waals surface area contributed by atoms with Crippen LogP contribution in [0.5, 0.6) is 11.6 Å². The number of aliphatic carboxylic acids is 1. The number of methoxy groups -OCH3 is 1. The molecule has 0 radical (unpaired) electrons. The topological polar surface area (TPSA) is 178 Å². The lowest BCUT2D eigenvalue weighted by molar-refractivity contribution is -0.385. The number of aromatic hydroxyl groups is 1. The average Bonchev–Trinajstić information content (AvgIpc) is 2.59. The maximum absolute atomic E-state index is 11.6. The van der Waals surface area contributed by atoms with E-state index in [1.807, 2.05) is 0 Å². The molecule has 0 amide bonds. The van der Waals surface area contributed by atoms with E-state index >= 15 is 0 Å². The number of nitro groups is 1. The molecule has 1 atom stereocenters. The van der Waals surface area contributed by atoms with Gasteiger partial charge in [0.15, 0.2) is 0 Å². The van der Waals surface area contributed by atoms with E-state index in [0.717, 1.165) is 10.5 Å². The van der Waals surface area contributed by atoms with E-state index in [1.54, 1.807) is 20.0 Å². The fraction of sp³-hybridized carbons (Fsp3) is 0.375. The fourth-order valence-electron chi connectivity index (χ4n) is 2.73. The van der Waals surface area contributed by atoms with Gasteiger partial charge in [0, 0.05) is 17.3 Å². The van der Waals surface area contributed by atoms with Crippen LogP contribution in [0.15, 0.2) is 6.20 Å². The molecule has 0 aliphatic heterocycles. The van der Waals surface area contributed by atoms with Crippen LogP contribution in [0.25, 0.3) is 0 Å². The maximum Gasteiger partial charge on any atom is 0.372 e. The highest BCUT2D eigenvalue weighted by atomic mass is 16.6. The number of anilines is 2. The monoisotopic (exact) mass is 392 g/mol. The van der Waals surface area contributed by atoms with Gasteiger partial charge in [0.25, 0.3) is 5.88 Å². The fourth-order valence-corrected chi connectivity index (χ4v) is 2.73. The summed E-state index contributed by atoms with van der Waals surface area (Å²) in [5.74, 6) is -2.52. The van der Waals surface area contributed by atoms with E-state index in [4.69, 9.17) is 10.5 Å². The number of nitrogens with zero attached hydrogens (tertiary/aromatic N) is 5. The van der Waals surface area contributed by atoms with E-state index in [1.165, 1.54) is 14.0 Å². The van der Waals surface area contributed by atoms with Gasteiger partial charge in [-0.05, 0) is 20.8 Å². The molecule has 0 bridgehead atoms. The highest BCUT2D eigenvalue weighted by molar-refractivity contribution is 5.79. The van der Waals surface area contributed by atoms with Crippen LogP contribution in [-0.2, 0) is 11.3 Å². The number of carboxylic acid groups (broad SMARTS) is 1. The predicted molar refractivity (Wildman–Crippen MR) is 98.3 cm³/mol. The molecule has 4 N–H and O–H groups in total. The second-order valence-electron chi connectivity index (χ2n) is 6.02. The Morgan fingerprint density at radius 1 is 1.43 bits per heavy atom. The Balaban J connectivity index is 2.67. The standard InChI is InChI=1S/C16H20N6O6/c1-7-5-18-10(8(2)12(7)28-4)6-21(9(3)15(24)25)13-11(22(26)27)14(23)20-16(17)19-13/h5,9H,6H2,1-4H3,(H,24,25)(H3,17,19,20,23). The molecule has 12 nitrogen and oxygen atoms in total. The van der Waals surface area contributed by atoms with Crippen LogP contribution in [-0.4, -0.2) is 49.2 Å². The number of hydrogen-bond donors (Lipinski definition) is 3. The minimum Gasteiger partial charge on any atom is -0.496 e. The molecule has 28 heavy (non-hydrogen) atoms. The highest BCUT2D eigenvalue weighted by Gasteiger charge is 2.34. The normalized spacial score (nSPS) is 11.7. The third-order valence-electron chi connectivity index (χ3n) is 4.21. The van der Waals surface area contributed by atoms with Crippen molar-refractivity contribution in [1.29, 1.82) is 0 Å². The number of pyridine rings is 1. The molecule has 0 aliphatic carbocycles. The lowest BCUT2D eigenvalue weighted by atomic mass is 10.1. The van der Waals surface area contributed by atoms with Gasteiger partial charge < -0.3 is 25.6 Å². The maximum atomic E-state index is 11.6. The first-order valence-corrected chi connectivity index (χ1v) is 8.07.